The maximum Gasteiger partial charge on any atom is 0.146 e. The fourth-order valence-electron chi connectivity index (χ4n) is 1.92. The minimum atomic E-state index is -1.31. The molecule has 0 spiro atoms. The van der Waals surface area contributed by atoms with Gasteiger partial charge in [-0.25, -0.2) is 0 Å². The van der Waals surface area contributed by atoms with Gasteiger partial charge in [-0.15, -0.1) is 6.58 Å². The molecule has 0 saturated heterocycles. The summed E-state index contributed by atoms with van der Waals surface area (Å²) < 4.78 is 2.73. The van der Waals surface area contributed by atoms with Crippen molar-refractivity contribution in [3.8, 4) is 0 Å². The van der Waals surface area contributed by atoms with Gasteiger partial charge in [0, 0.05) is 0 Å². The Kier molecular flexibility index (Phi) is 8.95. The van der Waals surface area contributed by atoms with Crippen molar-refractivity contribution in [3.05, 3.63) is 12.3 Å². The summed E-state index contributed by atoms with van der Waals surface area (Å²) in [4.78, 5) is 0. The van der Waals surface area contributed by atoms with Gasteiger partial charge in [-0.1, -0.05) is 58.3 Å². The first-order valence-corrected chi connectivity index (χ1v) is 9.99. The number of hydrogen-bond donors (Lipinski definition) is 0. The molecule has 0 aliphatic rings. The first kappa shape index (κ1) is 15.9. The number of nitrogens with zero attached hydrogens (tertiary/aromatic N) is 1. The summed E-state index contributed by atoms with van der Waals surface area (Å²) >= 11 is 0. The summed E-state index contributed by atoms with van der Waals surface area (Å²) in [5.74, 6) is 0. The molecule has 0 aromatic carbocycles. The Labute approximate surface area is 104 Å². The predicted molar refractivity (Wildman–Crippen MR) is 78.3 cm³/mol. The van der Waals surface area contributed by atoms with Crippen LogP contribution in [0.1, 0.15) is 52.4 Å². The molecule has 96 valence electrons. The van der Waals surface area contributed by atoms with Crippen LogP contribution in [0.4, 0.5) is 0 Å². The lowest BCUT2D eigenvalue weighted by Crippen LogP contribution is -2.48. The van der Waals surface area contributed by atoms with Gasteiger partial charge in [-0.05, 0) is 25.9 Å². The van der Waals surface area contributed by atoms with E-state index in [1.165, 1.54) is 51.6 Å². The third-order valence-corrected chi connectivity index (χ3v) is 6.45. The van der Waals surface area contributed by atoms with Crippen molar-refractivity contribution in [2.24, 2.45) is 0 Å². The summed E-state index contributed by atoms with van der Waals surface area (Å²) in [6.07, 6.45) is 8.08. The van der Waals surface area contributed by atoms with E-state index in [-0.39, 0.29) is 0 Å². The average Bonchev–Trinajstić information content (AvgIpc) is 2.27. The molecule has 0 fully saturated rings. The zero-order valence-electron chi connectivity index (χ0n) is 11.9. The second-order valence-electron chi connectivity index (χ2n) is 5.26. The second-order valence-corrected chi connectivity index (χ2v) is 9.61. The maximum absolute atomic E-state index is 4.03. The Morgan fingerprint density at radius 1 is 0.938 bits per heavy atom. The largest absolute Gasteiger partial charge is 0.321 e. The van der Waals surface area contributed by atoms with Crippen LogP contribution in [-0.2, 0) is 0 Å². The van der Waals surface area contributed by atoms with Crippen molar-refractivity contribution in [1.29, 1.82) is 0 Å². The molecule has 0 saturated carbocycles. The lowest BCUT2D eigenvalue weighted by atomic mass is 10.2. The van der Waals surface area contributed by atoms with Gasteiger partial charge in [0.15, 0.2) is 0 Å². The average molecular weight is 241 g/mol. The highest BCUT2D eigenvalue weighted by atomic mass is 28.3. The van der Waals surface area contributed by atoms with Crippen molar-refractivity contribution in [1.82, 2.24) is 4.57 Å². The van der Waals surface area contributed by atoms with Crippen LogP contribution in [0.25, 0.3) is 0 Å². The van der Waals surface area contributed by atoms with Crippen molar-refractivity contribution < 1.29 is 0 Å². The zero-order chi connectivity index (χ0) is 12.4. The molecule has 0 bridgehead atoms. The molecule has 0 atom stereocenters. The minimum absolute atomic E-state index is 1.28. The Balaban J connectivity index is 4.10. The van der Waals surface area contributed by atoms with Crippen LogP contribution in [-0.4, -0.2) is 25.9 Å². The van der Waals surface area contributed by atoms with Crippen LogP contribution in [0, 0.1) is 0 Å². The molecular weight excluding hydrogens is 210 g/mol. The van der Waals surface area contributed by atoms with Gasteiger partial charge < -0.3 is 4.57 Å². The topological polar surface area (TPSA) is 3.24 Å². The van der Waals surface area contributed by atoms with Gasteiger partial charge in [0.05, 0.1) is 0 Å². The highest BCUT2D eigenvalue weighted by Gasteiger charge is 2.24. The molecule has 0 N–H and O–H groups in total. The van der Waals surface area contributed by atoms with Crippen LogP contribution >= 0.6 is 0 Å². The van der Waals surface area contributed by atoms with E-state index in [4.69, 9.17) is 0 Å². The number of rotatable bonds is 10. The molecule has 2 heteroatoms. The number of unbranched alkanes of at least 4 members (excludes halogenated alkanes) is 4. The van der Waals surface area contributed by atoms with E-state index in [1.807, 2.05) is 0 Å². The standard InChI is InChI=1S/C14H31NSi/c1-6-9-11-13-15(14-12-10-7-2)16(4,5)8-3/h8H,3,6-7,9-14H2,1-2,4-5H3. The third-order valence-electron chi connectivity index (χ3n) is 3.38. The summed E-state index contributed by atoms with van der Waals surface area (Å²) in [5.41, 5.74) is 2.23. The Bertz CT molecular complexity index is 168. The van der Waals surface area contributed by atoms with Crippen LogP contribution in [0.3, 0.4) is 0 Å². The third kappa shape index (κ3) is 6.49. The van der Waals surface area contributed by atoms with Crippen molar-refractivity contribution in [2.45, 2.75) is 65.5 Å². The smallest absolute Gasteiger partial charge is 0.146 e. The van der Waals surface area contributed by atoms with E-state index in [0.29, 0.717) is 0 Å². The van der Waals surface area contributed by atoms with Crippen molar-refractivity contribution in [3.63, 3.8) is 0 Å². The molecule has 0 amide bonds. The number of hydrogen-bond acceptors (Lipinski definition) is 1. The van der Waals surface area contributed by atoms with E-state index in [0.717, 1.165) is 0 Å². The van der Waals surface area contributed by atoms with E-state index in [1.54, 1.807) is 0 Å². The Morgan fingerprint density at radius 3 is 1.69 bits per heavy atom. The van der Waals surface area contributed by atoms with E-state index < -0.39 is 8.24 Å². The maximum atomic E-state index is 4.03. The summed E-state index contributed by atoms with van der Waals surface area (Å²) in [7, 11) is -1.31. The van der Waals surface area contributed by atoms with Crippen LogP contribution in [0.5, 0.6) is 0 Å². The lowest BCUT2D eigenvalue weighted by Gasteiger charge is -2.34. The quantitative estimate of drug-likeness (QED) is 0.399. The van der Waals surface area contributed by atoms with Gasteiger partial charge in [-0.3, -0.25) is 0 Å². The van der Waals surface area contributed by atoms with Crippen molar-refractivity contribution >= 4 is 8.24 Å². The van der Waals surface area contributed by atoms with Crippen molar-refractivity contribution in [2.75, 3.05) is 13.1 Å². The normalized spacial score (nSPS) is 12.1. The molecule has 0 radical (unpaired) electrons. The molecule has 0 aliphatic carbocycles. The Hall–Kier alpha value is -0.0831. The lowest BCUT2D eigenvalue weighted by molar-refractivity contribution is 0.396. The molecule has 0 rings (SSSR count). The molecule has 0 heterocycles. The van der Waals surface area contributed by atoms with Gasteiger partial charge in [-0.2, -0.15) is 0 Å². The Morgan fingerprint density at radius 2 is 1.38 bits per heavy atom. The zero-order valence-corrected chi connectivity index (χ0v) is 12.9. The van der Waals surface area contributed by atoms with Gasteiger partial charge in [0.2, 0.25) is 0 Å². The van der Waals surface area contributed by atoms with Gasteiger partial charge >= 0.3 is 0 Å². The monoisotopic (exact) mass is 241 g/mol. The molecule has 1 nitrogen and oxygen atoms in total. The fraction of sp³-hybridized carbons (Fsp3) is 0.857. The highest BCUT2D eigenvalue weighted by molar-refractivity contribution is 6.79. The minimum Gasteiger partial charge on any atom is -0.321 e. The molecule has 0 aromatic heterocycles. The SMILES string of the molecule is C=C[Si](C)(C)N(CCCCC)CCCCC. The van der Waals surface area contributed by atoms with Gasteiger partial charge in [0.25, 0.3) is 0 Å². The predicted octanol–water partition coefficient (Wildman–Crippen LogP) is 4.60. The van der Waals surface area contributed by atoms with E-state index in [2.05, 4.69) is 43.8 Å². The summed E-state index contributed by atoms with van der Waals surface area (Å²) in [6.45, 7) is 16.0. The fourth-order valence-corrected chi connectivity index (χ4v) is 3.65. The highest BCUT2D eigenvalue weighted by Crippen LogP contribution is 2.14. The molecule has 0 aliphatic heterocycles. The molecule has 0 aromatic rings. The summed E-state index contributed by atoms with van der Waals surface area (Å²) in [5, 5.41) is 0. The molecule has 0 unspecified atom stereocenters. The van der Waals surface area contributed by atoms with E-state index >= 15 is 0 Å². The molecule has 16 heavy (non-hydrogen) atoms. The van der Waals surface area contributed by atoms with Gasteiger partial charge in [0.1, 0.15) is 8.24 Å². The molecular formula is C14H31NSi. The van der Waals surface area contributed by atoms with Crippen LogP contribution in [0.2, 0.25) is 13.1 Å². The van der Waals surface area contributed by atoms with E-state index in [9.17, 15) is 0 Å². The first-order chi connectivity index (χ1) is 7.58. The first-order valence-electron chi connectivity index (χ1n) is 6.97. The summed E-state index contributed by atoms with van der Waals surface area (Å²) in [6, 6.07) is 0. The van der Waals surface area contributed by atoms with Crippen LogP contribution < -0.4 is 0 Å². The van der Waals surface area contributed by atoms with Crippen LogP contribution in [0.15, 0.2) is 12.3 Å². The second kappa shape index (κ2) is 9.00.